The summed E-state index contributed by atoms with van der Waals surface area (Å²) in [4.78, 5) is 21.7. The summed E-state index contributed by atoms with van der Waals surface area (Å²) in [6.07, 6.45) is 10.6. The maximum atomic E-state index is 11.3. The van der Waals surface area contributed by atoms with Crippen molar-refractivity contribution in [2.45, 2.75) is 27.7 Å². The van der Waals surface area contributed by atoms with Gasteiger partial charge in [0.05, 0.1) is 19.1 Å². The lowest BCUT2D eigenvalue weighted by atomic mass is 10.2. The Bertz CT molecular complexity index is 950. The lowest BCUT2D eigenvalue weighted by Crippen LogP contribution is -2.05. The SMILES string of the molecule is CC(C)=CC(=O)CCl.CC(C)=CC(=O)COC/C=C/c1ccccc1.OC/C=C/c1ccccc1. The number of hydrogen-bond donors (Lipinski definition) is 1. The van der Waals surface area contributed by atoms with Crippen molar-refractivity contribution in [1.82, 2.24) is 0 Å². The van der Waals surface area contributed by atoms with Gasteiger partial charge in [0.25, 0.3) is 0 Å². The maximum Gasteiger partial charge on any atom is 0.181 e. The van der Waals surface area contributed by atoms with Crippen LogP contribution in [-0.2, 0) is 14.3 Å². The summed E-state index contributed by atoms with van der Waals surface area (Å²) in [6, 6.07) is 19.9. The molecule has 0 amide bonds. The standard InChI is InChI=1S/C15H18O2.C9H10O.C6H9ClO/c1-13(2)11-15(16)12-17-10-6-9-14-7-4-3-5-8-14;10-8-4-7-9-5-2-1-3-6-9;1-5(2)3-6(8)4-7/h3-9,11H,10,12H2,1-2H3;1-7,10H,8H2;3H,4H2,1-2H3/b9-6+;7-4+;. The van der Waals surface area contributed by atoms with E-state index in [1.54, 1.807) is 12.2 Å². The van der Waals surface area contributed by atoms with Crippen LogP contribution in [-0.4, -0.2) is 42.4 Å². The first-order valence-electron chi connectivity index (χ1n) is 11.3. The van der Waals surface area contributed by atoms with Crippen molar-refractivity contribution in [3.05, 3.63) is 107 Å². The molecule has 188 valence electrons. The van der Waals surface area contributed by atoms with Crippen molar-refractivity contribution < 1.29 is 19.4 Å². The number of carbonyl (C=O) groups excluding carboxylic acids is 2. The predicted octanol–water partition coefficient (Wildman–Crippen LogP) is 6.70. The van der Waals surface area contributed by atoms with E-state index in [-0.39, 0.29) is 30.7 Å². The quantitative estimate of drug-likeness (QED) is 0.226. The van der Waals surface area contributed by atoms with Gasteiger partial charge in [-0.2, -0.15) is 0 Å². The molecule has 5 heteroatoms. The van der Waals surface area contributed by atoms with Gasteiger partial charge in [-0.1, -0.05) is 96.1 Å². The van der Waals surface area contributed by atoms with Gasteiger partial charge in [-0.15, -0.1) is 11.6 Å². The Morgan fingerprint density at radius 2 is 1.23 bits per heavy atom. The van der Waals surface area contributed by atoms with Crippen LogP contribution >= 0.6 is 11.6 Å². The summed E-state index contributed by atoms with van der Waals surface area (Å²) in [5.74, 6) is 0.0790. The van der Waals surface area contributed by atoms with Crippen LogP contribution < -0.4 is 0 Å². The number of carbonyl (C=O) groups is 2. The molecule has 0 fully saturated rings. The molecule has 0 atom stereocenters. The molecule has 0 aliphatic carbocycles. The minimum absolute atomic E-state index is 0.0121. The van der Waals surface area contributed by atoms with E-state index in [2.05, 4.69) is 0 Å². The van der Waals surface area contributed by atoms with Crippen molar-refractivity contribution >= 4 is 35.3 Å². The molecule has 2 aromatic rings. The molecule has 0 aromatic heterocycles. The van der Waals surface area contributed by atoms with E-state index >= 15 is 0 Å². The highest BCUT2D eigenvalue weighted by atomic mass is 35.5. The minimum atomic E-state index is -0.0216. The highest BCUT2D eigenvalue weighted by molar-refractivity contribution is 6.29. The monoisotopic (exact) mass is 496 g/mol. The number of halogens is 1. The lowest BCUT2D eigenvalue weighted by molar-refractivity contribution is -0.118. The zero-order valence-corrected chi connectivity index (χ0v) is 21.9. The number of ketones is 2. The molecule has 0 spiro atoms. The molecule has 1 N–H and O–H groups in total. The summed E-state index contributed by atoms with van der Waals surface area (Å²) in [5, 5.41) is 8.44. The van der Waals surface area contributed by atoms with Gasteiger partial charge in [0.1, 0.15) is 6.61 Å². The zero-order valence-electron chi connectivity index (χ0n) is 21.1. The fourth-order valence-corrected chi connectivity index (χ4v) is 2.53. The Labute approximate surface area is 215 Å². The molecule has 0 radical (unpaired) electrons. The van der Waals surface area contributed by atoms with Gasteiger partial charge in [-0.05, 0) is 51.0 Å². The van der Waals surface area contributed by atoms with Crippen LogP contribution in [0.15, 0.2) is 96.1 Å². The van der Waals surface area contributed by atoms with E-state index in [4.69, 9.17) is 21.4 Å². The topological polar surface area (TPSA) is 63.6 Å². The first-order valence-corrected chi connectivity index (χ1v) is 11.8. The molecular weight excluding hydrogens is 460 g/mol. The highest BCUT2D eigenvalue weighted by Gasteiger charge is 1.95. The molecule has 0 saturated carbocycles. The van der Waals surface area contributed by atoms with Crippen molar-refractivity contribution in [3.63, 3.8) is 0 Å². The number of hydrogen-bond acceptors (Lipinski definition) is 4. The number of aliphatic hydroxyl groups excluding tert-OH is 1. The van der Waals surface area contributed by atoms with E-state index in [1.165, 1.54) is 6.08 Å². The van der Waals surface area contributed by atoms with Crippen molar-refractivity contribution in [3.8, 4) is 0 Å². The molecule has 35 heavy (non-hydrogen) atoms. The number of ether oxygens (including phenoxy) is 1. The summed E-state index contributed by atoms with van der Waals surface area (Å²) in [6.45, 7) is 8.23. The number of aliphatic hydroxyl groups is 1. The third kappa shape index (κ3) is 21.2. The predicted molar refractivity (Wildman–Crippen MR) is 148 cm³/mol. The third-order valence-electron chi connectivity index (χ3n) is 3.81. The summed E-state index contributed by atoms with van der Waals surface area (Å²) in [5.41, 5.74) is 4.25. The van der Waals surface area contributed by atoms with E-state index < -0.39 is 0 Å². The molecule has 0 saturated heterocycles. The fourth-order valence-electron chi connectivity index (χ4n) is 2.45. The van der Waals surface area contributed by atoms with Gasteiger partial charge in [0.2, 0.25) is 0 Å². The molecule has 0 heterocycles. The van der Waals surface area contributed by atoms with Crippen LogP contribution in [0.2, 0.25) is 0 Å². The van der Waals surface area contributed by atoms with Gasteiger partial charge < -0.3 is 9.84 Å². The number of alkyl halides is 1. The fraction of sp³-hybridized carbons (Fsp3) is 0.267. The smallest absolute Gasteiger partial charge is 0.181 e. The molecular formula is C30H37ClO4. The molecule has 2 rings (SSSR count). The van der Waals surface area contributed by atoms with Crippen molar-refractivity contribution in [2.24, 2.45) is 0 Å². The van der Waals surface area contributed by atoms with Gasteiger partial charge in [0.15, 0.2) is 11.6 Å². The molecule has 0 aliphatic rings. The Hall–Kier alpha value is -3.05. The van der Waals surface area contributed by atoms with E-state index in [9.17, 15) is 9.59 Å². The van der Waals surface area contributed by atoms with Gasteiger partial charge in [-0.3, -0.25) is 9.59 Å². The second-order valence-corrected chi connectivity index (χ2v) is 8.10. The second-order valence-electron chi connectivity index (χ2n) is 7.83. The molecule has 0 bridgehead atoms. The average Bonchev–Trinajstić information content (AvgIpc) is 2.84. The van der Waals surface area contributed by atoms with Crippen LogP contribution in [0.5, 0.6) is 0 Å². The first kappa shape index (κ1) is 32.0. The Morgan fingerprint density at radius 1 is 0.771 bits per heavy atom. The zero-order chi connectivity index (χ0) is 26.3. The van der Waals surface area contributed by atoms with Crippen LogP contribution in [0.1, 0.15) is 38.8 Å². The van der Waals surface area contributed by atoms with Gasteiger partial charge in [-0.25, -0.2) is 0 Å². The average molecular weight is 497 g/mol. The Morgan fingerprint density at radius 3 is 1.63 bits per heavy atom. The minimum Gasteiger partial charge on any atom is -0.392 e. The van der Waals surface area contributed by atoms with Gasteiger partial charge >= 0.3 is 0 Å². The number of rotatable bonds is 10. The molecule has 2 aromatic carbocycles. The van der Waals surface area contributed by atoms with E-state index in [1.807, 2.05) is 107 Å². The first-order chi connectivity index (χ1) is 16.8. The number of allylic oxidation sites excluding steroid dienone is 3. The molecule has 4 nitrogen and oxygen atoms in total. The third-order valence-corrected chi connectivity index (χ3v) is 4.08. The van der Waals surface area contributed by atoms with E-state index in [0.717, 1.165) is 22.3 Å². The van der Waals surface area contributed by atoms with Crippen LogP contribution in [0.4, 0.5) is 0 Å². The van der Waals surface area contributed by atoms with Crippen LogP contribution in [0, 0.1) is 0 Å². The molecule has 0 unspecified atom stereocenters. The normalized spacial score (nSPS) is 10.0. The lowest BCUT2D eigenvalue weighted by Gasteiger charge is -1.97. The van der Waals surface area contributed by atoms with E-state index in [0.29, 0.717) is 6.61 Å². The molecule has 0 aliphatic heterocycles. The largest absolute Gasteiger partial charge is 0.392 e. The van der Waals surface area contributed by atoms with Crippen LogP contribution in [0.3, 0.4) is 0 Å². The summed E-state index contributed by atoms with van der Waals surface area (Å²) in [7, 11) is 0. The number of benzene rings is 2. The summed E-state index contributed by atoms with van der Waals surface area (Å²) < 4.78 is 5.24. The van der Waals surface area contributed by atoms with Crippen molar-refractivity contribution in [2.75, 3.05) is 25.7 Å². The maximum absolute atomic E-state index is 11.3. The Kier molecular flexibility index (Phi) is 19.6. The second kappa shape index (κ2) is 21.5. The van der Waals surface area contributed by atoms with Crippen molar-refractivity contribution in [1.29, 1.82) is 0 Å². The summed E-state index contributed by atoms with van der Waals surface area (Å²) >= 11 is 5.20. The van der Waals surface area contributed by atoms with Crippen LogP contribution in [0.25, 0.3) is 12.2 Å². The highest BCUT2D eigenvalue weighted by Crippen LogP contribution is 2.01. The Balaban J connectivity index is 0.000000545. The van der Waals surface area contributed by atoms with Gasteiger partial charge in [0, 0.05) is 0 Å².